The lowest BCUT2D eigenvalue weighted by Gasteiger charge is -2.03. The average molecular weight is 440 g/mol. The van der Waals surface area contributed by atoms with E-state index < -0.39 is 5.82 Å². The number of H-pyrrole nitrogens is 1. The highest BCUT2D eigenvalue weighted by atomic mass is 19.1. The number of aromatic hydroxyl groups is 1. The maximum atomic E-state index is 13.9. The molecule has 0 unspecified atom stereocenters. The molecule has 0 aliphatic heterocycles. The van der Waals surface area contributed by atoms with E-state index in [2.05, 4.69) is 20.2 Å². The summed E-state index contributed by atoms with van der Waals surface area (Å²) in [6.45, 7) is 0. The predicted octanol–water partition coefficient (Wildman–Crippen LogP) is 3.82. The van der Waals surface area contributed by atoms with Gasteiger partial charge in [0.05, 0.1) is 34.6 Å². The summed E-state index contributed by atoms with van der Waals surface area (Å²) in [5.41, 5.74) is 6.13. The van der Waals surface area contributed by atoms with Gasteiger partial charge in [-0.05, 0) is 29.8 Å². The second-order valence-corrected chi connectivity index (χ2v) is 7.81. The molecule has 0 aliphatic rings. The van der Waals surface area contributed by atoms with Crippen molar-refractivity contribution in [3.05, 3.63) is 60.9 Å². The Morgan fingerprint density at radius 3 is 2.64 bits per heavy atom. The van der Waals surface area contributed by atoms with E-state index in [1.54, 1.807) is 28.0 Å². The number of halogens is 1. The molecule has 162 valence electrons. The minimum Gasteiger partial charge on any atom is -0.508 e. The normalized spacial score (nSPS) is 11.6. The van der Waals surface area contributed by atoms with Gasteiger partial charge in [-0.15, -0.1) is 0 Å². The molecule has 5 aromatic heterocycles. The lowest BCUT2D eigenvalue weighted by molar-refractivity contribution is 0.469. The van der Waals surface area contributed by atoms with Crippen molar-refractivity contribution < 1.29 is 9.50 Å². The summed E-state index contributed by atoms with van der Waals surface area (Å²) in [5.74, 6) is -0.192. The van der Waals surface area contributed by atoms with E-state index in [4.69, 9.17) is 9.97 Å². The van der Waals surface area contributed by atoms with E-state index in [9.17, 15) is 9.50 Å². The molecule has 9 nitrogen and oxygen atoms in total. The van der Waals surface area contributed by atoms with Gasteiger partial charge in [0.2, 0.25) is 0 Å². The number of hydrogen-bond donors (Lipinski definition) is 2. The molecule has 0 amide bonds. The van der Waals surface area contributed by atoms with Crippen molar-refractivity contribution >= 4 is 22.1 Å². The third-order valence-corrected chi connectivity index (χ3v) is 5.51. The number of aromatic amines is 1. The zero-order valence-electron chi connectivity index (χ0n) is 17.7. The van der Waals surface area contributed by atoms with E-state index >= 15 is 0 Å². The van der Waals surface area contributed by atoms with Crippen molar-refractivity contribution in [3.8, 4) is 39.7 Å². The van der Waals surface area contributed by atoms with E-state index in [0.717, 1.165) is 22.8 Å². The van der Waals surface area contributed by atoms with Crippen LogP contribution in [0.2, 0.25) is 0 Å². The van der Waals surface area contributed by atoms with Crippen LogP contribution in [-0.4, -0.2) is 44.6 Å². The maximum Gasteiger partial charge on any atom is 0.161 e. The zero-order valence-corrected chi connectivity index (χ0v) is 17.7. The van der Waals surface area contributed by atoms with Crippen LogP contribution in [0.15, 0.2) is 55.1 Å². The van der Waals surface area contributed by atoms with E-state index in [1.807, 2.05) is 32.4 Å². The molecule has 1 aromatic carbocycles. The number of benzene rings is 1. The molecular weight excluding hydrogens is 423 g/mol. The van der Waals surface area contributed by atoms with Crippen LogP contribution in [-0.2, 0) is 14.1 Å². The van der Waals surface area contributed by atoms with Gasteiger partial charge >= 0.3 is 0 Å². The standard InChI is InChI=1S/C23H17FN8O/c1-31-11-13(8-26-31)17-3-4-19-21(27-17)22(30-32(19)2)23-28-18-10-25-9-16(20(18)29-23)12-5-14(24)7-15(33)6-12/h3-11,33H,1-2H3,(H,28,29). The lowest BCUT2D eigenvalue weighted by Crippen LogP contribution is -1.90. The lowest BCUT2D eigenvalue weighted by atomic mass is 10.1. The van der Waals surface area contributed by atoms with Gasteiger partial charge < -0.3 is 10.1 Å². The van der Waals surface area contributed by atoms with E-state index in [1.165, 1.54) is 12.1 Å². The summed E-state index contributed by atoms with van der Waals surface area (Å²) in [5, 5.41) is 18.7. The van der Waals surface area contributed by atoms with Gasteiger partial charge in [-0.3, -0.25) is 14.3 Å². The van der Waals surface area contributed by atoms with Gasteiger partial charge in [0.25, 0.3) is 0 Å². The van der Waals surface area contributed by atoms with Gasteiger partial charge in [0, 0.05) is 43.7 Å². The summed E-state index contributed by atoms with van der Waals surface area (Å²) in [4.78, 5) is 17.1. The third kappa shape index (κ3) is 3.11. The van der Waals surface area contributed by atoms with Gasteiger partial charge in [0.15, 0.2) is 11.5 Å². The van der Waals surface area contributed by atoms with Crippen molar-refractivity contribution in [1.29, 1.82) is 0 Å². The summed E-state index contributed by atoms with van der Waals surface area (Å²) >= 11 is 0. The highest BCUT2D eigenvalue weighted by molar-refractivity contribution is 5.96. The van der Waals surface area contributed by atoms with Gasteiger partial charge in [-0.25, -0.2) is 14.4 Å². The molecule has 2 N–H and O–H groups in total. The highest BCUT2D eigenvalue weighted by Crippen LogP contribution is 2.33. The first-order chi connectivity index (χ1) is 16.0. The molecule has 0 radical (unpaired) electrons. The van der Waals surface area contributed by atoms with Crippen molar-refractivity contribution in [2.24, 2.45) is 14.1 Å². The second-order valence-electron chi connectivity index (χ2n) is 7.81. The maximum absolute atomic E-state index is 13.9. The van der Waals surface area contributed by atoms with E-state index in [-0.39, 0.29) is 5.75 Å². The van der Waals surface area contributed by atoms with E-state index in [0.29, 0.717) is 39.2 Å². The molecule has 0 spiro atoms. The number of aryl methyl sites for hydroxylation is 2. The molecule has 33 heavy (non-hydrogen) atoms. The van der Waals surface area contributed by atoms with Crippen molar-refractivity contribution in [2.45, 2.75) is 0 Å². The van der Waals surface area contributed by atoms with Crippen molar-refractivity contribution in [3.63, 3.8) is 0 Å². The summed E-state index contributed by atoms with van der Waals surface area (Å²) in [6, 6.07) is 7.76. The first-order valence-electron chi connectivity index (χ1n) is 10.1. The molecule has 0 atom stereocenters. The van der Waals surface area contributed by atoms with Crippen LogP contribution in [0.3, 0.4) is 0 Å². The van der Waals surface area contributed by atoms with Crippen LogP contribution in [0.25, 0.3) is 56.0 Å². The first-order valence-corrected chi connectivity index (χ1v) is 10.1. The number of phenols is 1. The smallest absolute Gasteiger partial charge is 0.161 e. The Morgan fingerprint density at radius 2 is 1.85 bits per heavy atom. The molecule has 0 bridgehead atoms. The topological polar surface area (TPSA) is 110 Å². The Bertz CT molecular complexity index is 1660. The van der Waals surface area contributed by atoms with Crippen molar-refractivity contribution in [2.75, 3.05) is 0 Å². The fourth-order valence-corrected chi connectivity index (χ4v) is 4.00. The third-order valence-electron chi connectivity index (χ3n) is 5.51. The molecule has 10 heteroatoms. The first kappa shape index (κ1) is 19.1. The molecule has 6 aromatic rings. The SMILES string of the molecule is Cn1cc(-c2ccc3c(n2)c(-c2nc4c(-c5cc(O)cc(F)c5)cncc4[nH]2)nn3C)cn1. The number of pyridine rings is 2. The minimum absolute atomic E-state index is 0.166. The van der Waals surface area contributed by atoms with Crippen LogP contribution < -0.4 is 0 Å². The Hall–Kier alpha value is -4.60. The van der Waals surface area contributed by atoms with Crippen LogP contribution in [0.1, 0.15) is 0 Å². The Kier molecular flexibility index (Phi) is 4.03. The molecule has 6 rings (SSSR count). The summed E-state index contributed by atoms with van der Waals surface area (Å²) in [7, 11) is 3.71. The van der Waals surface area contributed by atoms with Crippen LogP contribution in [0, 0.1) is 5.82 Å². The fraction of sp³-hybridized carbons (Fsp3) is 0.0870. The molecule has 5 heterocycles. The number of nitrogens with zero attached hydrogens (tertiary/aromatic N) is 7. The number of rotatable bonds is 3. The van der Waals surface area contributed by atoms with Crippen molar-refractivity contribution in [1.82, 2.24) is 39.5 Å². The number of imidazole rings is 1. The molecule has 0 saturated heterocycles. The molecule has 0 fully saturated rings. The number of nitrogens with one attached hydrogen (secondary N) is 1. The fourth-order valence-electron chi connectivity index (χ4n) is 4.00. The monoisotopic (exact) mass is 440 g/mol. The zero-order chi connectivity index (χ0) is 22.7. The number of fused-ring (bicyclic) bond motifs is 2. The molecule has 0 aliphatic carbocycles. The average Bonchev–Trinajstić information content (AvgIpc) is 3.49. The van der Waals surface area contributed by atoms with Gasteiger partial charge in [-0.1, -0.05) is 0 Å². The predicted molar refractivity (Wildman–Crippen MR) is 121 cm³/mol. The Balaban J connectivity index is 1.54. The van der Waals surface area contributed by atoms with Crippen LogP contribution in [0.5, 0.6) is 5.75 Å². The number of hydrogen-bond acceptors (Lipinski definition) is 6. The summed E-state index contributed by atoms with van der Waals surface area (Å²) in [6.07, 6.45) is 6.90. The van der Waals surface area contributed by atoms with Crippen LogP contribution >= 0.6 is 0 Å². The quantitative estimate of drug-likeness (QED) is 0.433. The Morgan fingerprint density at radius 1 is 0.970 bits per heavy atom. The van der Waals surface area contributed by atoms with Gasteiger partial charge in [-0.2, -0.15) is 10.2 Å². The summed E-state index contributed by atoms with van der Waals surface area (Å²) < 4.78 is 17.4. The largest absolute Gasteiger partial charge is 0.508 e. The molecular formula is C23H17FN8O. The number of phenolic OH excluding ortho intramolecular Hbond substituents is 1. The Labute approximate surface area is 186 Å². The van der Waals surface area contributed by atoms with Gasteiger partial charge in [0.1, 0.15) is 17.1 Å². The van der Waals surface area contributed by atoms with Crippen LogP contribution in [0.4, 0.5) is 4.39 Å². The minimum atomic E-state index is -0.541. The molecule has 0 saturated carbocycles. The highest BCUT2D eigenvalue weighted by Gasteiger charge is 2.19. The second kappa shape index (κ2) is 6.95. The number of aromatic nitrogens is 8.